The third kappa shape index (κ3) is 3.47. The first-order valence-corrected chi connectivity index (χ1v) is 8.09. The van der Waals surface area contributed by atoms with Gasteiger partial charge in [0.15, 0.2) is 0 Å². The maximum atomic E-state index is 5.53. The summed E-state index contributed by atoms with van der Waals surface area (Å²) in [6.45, 7) is 12.8. The highest BCUT2D eigenvalue weighted by molar-refractivity contribution is 5.32. The van der Waals surface area contributed by atoms with Crippen LogP contribution in [-0.4, -0.2) is 43.8 Å². The minimum Gasteiger partial charge on any atom is -0.379 e. The highest BCUT2D eigenvalue weighted by atomic mass is 16.5. The Bertz CT molecular complexity index is 448. The molecule has 1 aromatic rings. The summed E-state index contributed by atoms with van der Waals surface area (Å²) in [6.07, 6.45) is 1.12. The standard InChI is InChI=1S/C18H30N2O/c1-6-18(4,20-7-9-21-10-8-20)17(19-5)16-12-14(2)11-15(3)13-16/h11-13,17,19H,6-10H2,1-5H3. The largest absolute Gasteiger partial charge is 0.379 e. The number of rotatable bonds is 5. The molecule has 2 atom stereocenters. The van der Waals surface area contributed by atoms with Crippen LogP contribution in [0.3, 0.4) is 0 Å². The van der Waals surface area contributed by atoms with Crippen molar-refractivity contribution in [3.05, 3.63) is 34.9 Å². The third-order valence-corrected chi connectivity index (χ3v) is 4.94. The molecule has 1 aliphatic rings. The van der Waals surface area contributed by atoms with E-state index in [-0.39, 0.29) is 5.54 Å². The van der Waals surface area contributed by atoms with Gasteiger partial charge in [-0.1, -0.05) is 36.2 Å². The van der Waals surface area contributed by atoms with Crippen molar-refractivity contribution in [3.63, 3.8) is 0 Å². The molecule has 1 saturated heterocycles. The fraction of sp³-hybridized carbons (Fsp3) is 0.667. The lowest BCUT2D eigenvalue weighted by molar-refractivity contribution is -0.0319. The summed E-state index contributed by atoms with van der Waals surface area (Å²) >= 11 is 0. The fourth-order valence-electron chi connectivity index (χ4n) is 3.70. The number of nitrogens with one attached hydrogen (secondary N) is 1. The van der Waals surface area contributed by atoms with E-state index in [2.05, 4.69) is 63.2 Å². The van der Waals surface area contributed by atoms with E-state index < -0.39 is 0 Å². The zero-order valence-electron chi connectivity index (χ0n) is 14.2. The van der Waals surface area contributed by atoms with Crippen LogP contribution in [0.5, 0.6) is 0 Å². The second-order valence-electron chi connectivity index (χ2n) is 6.45. The molecule has 3 nitrogen and oxygen atoms in total. The van der Waals surface area contributed by atoms with Crippen LogP contribution in [0.4, 0.5) is 0 Å². The maximum Gasteiger partial charge on any atom is 0.0594 e. The Labute approximate surface area is 129 Å². The van der Waals surface area contributed by atoms with E-state index in [1.165, 1.54) is 16.7 Å². The van der Waals surface area contributed by atoms with Crippen molar-refractivity contribution >= 4 is 0 Å². The summed E-state index contributed by atoms with van der Waals surface area (Å²) in [7, 11) is 2.08. The molecular weight excluding hydrogens is 260 g/mol. The van der Waals surface area contributed by atoms with Gasteiger partial charge in [-0.25, -0.2) is 0 Å². The van der Waals surface area contributed by atoms with E-state index in [9.17, 15) is 0 Å². The van der Waals surface area contributed by atoms with Crippen LogP contribution < -0.4 is 5.32 Å². The molecule has 0 saturated carbocycles. The maximum absolute atomic E-state index is 5.53. The van der Waals surface area contributed by atoms with Gasteiger partial charge in [-0.15, -0.1) is 0 Å². The molecule has 0 aromatic heterocycles. The van der Waals surface area contributed by atoms with Crippen molar-refractivity contribution in [2.45, 2.75) is 45.7 Å². The Kier molecular flexibility index (Phi) is 5.42. The molecule has 1 N–H and O–H groups in total. The van der Waals surface area contributed by atoms with Crippen molar-refractivity contribution in [2.24, 2.45) is 0 Å². The molecule has 0 spiro atoms. The molecule has 2 rings (SSSR count). The molecule has 0 amide bonds. The Morgan fingerprint density at radius 1 is 1.19 bits per heavy atom. The lowest BCUT2D eigenvalue weighted by Gasteiger charge is -2.48. The Balaban J connectivity index is 2.35. The first kappa shape index (κ1) is 16.5. The van der Waals surface area contributed by atoms with Crippen molar-refractivity contribution in [2.75, 3.05) is 33.4 Å². The summed E-state index contributed by atoms with van der Waals surface area (Å²) in [5.74, 6) is 0. The quantitative estimate of drug-likeness (QED) is 0.902. The Hall–Kier alpha value is -0.900. The smallest absolute Gasteiger partial charge is 0.0594 e. The van der Waals surface area contributed by atoms with Crippen LogP contribution in [0, 0.1) is 13.8 Å². The molecule has 3 heteroatoms. The van der Waals surface area contributed by atoms with Crippen LogP contribution in [0.25, 0.3) is 0 Å². The lowest BCUT2D eigenvalue weighted by atomic mass is 9.82. The van der Waals surface area contributed by atoms with E-state index >= 15 is 0 Å². The van der Waals surface area contributed by atoms with E-state index in [1.807, 2.05) is 0 Å². The minimum absolute atomic E-state index is 0.110. The van der Waals surface area contributed by atoms with E-state index in [0.29, 0.717) is 6.04 Å². The van der Waals surface area contributed by atoms with E-state index in [1.54, 1.807) is 0 Å². The monoisotopic (exact) mass is 290 g/mol. The van der Waals surface area contributed by atoms with Gasteiger partial charge in [0.25, 0.3) is 0 Å². The van der Waals surface area contributed by atoms with Gasteiger partial charge in [-0.2, -0.15) is 0 Å². The Morgan fingerprint density at radius 2 is 1.76 bits per heavy atom. The molecule has 1 heterocycles. The van der Waals surface area contributed by atoms with E-state index in [0.717, 1.165) is 32.7 Å². The molecule has 1 aromatic carbocycles. The molecule has 118 valence electrons. The Morgan fingerprint density at radius 3 is 2.24 bits per heavy atom. The highest BCUT2D eigenvalue weighted by Crippen LogP contribution is 2.35. The van der Waals surface area contributed by atoms with Gasteiger partial charge >= 0.3 is 0 Å². The SMILES string of the molecule is CCC(C)(C(NC)c1cc(C)cc(C)c1)N1CCOCC1. The van der Waals surface area contributed by atoms with Gasteiger partial charge in [0.05, 0.1) is 19.3 Å². The van der Waals surface area contributed by atoms with Gasteiger partial charge in [-0.05, 0) is 39.8 Å². The topological polar surface area (TPSA) is 24.5 Å². The second kappa shape index (κ2) is 6.91. The zero-order valence-corrected chi connectivity index (χ0v) is 14.2. The van der Waals surface area contributed by atoms with Gasteiger partial charge in [0, 0.05) is 18.6 Å². The molecule has 0 bridgehead atoms. The lowest BCUT2D eigenvalue weighted by Crippen LogP contribution is -2.57. The molecule has 1 aliphatic heterocycles. The summed E-state index contributed by atoms with van der Waals surface area (Å²) < 4.78 is 5.53. The first-order valence-electron chi connectivity index (χ1n) is 8.09. The molecule has 2 unspecified atom stereocenters. The number of nitrogens with zero attached hydrogens (tertiary/aromatic N) is 1. The van der Waals surface area contributed by atoms with Crippen LogP contribution in [0.1, 0.15) is 43.0 Å². The predicted molar refractivity (Wildman–Crippen MR) is 88.8 cm³/mol. The van der Waals surface area contributed by atoms with Gasteiger partial charge in [0.1, 0.15) is 0 Å². The molecule has 0 aliphatic carbocycles. The number of likely N-dealkylation sites (N-methyl/N-ethyl adjacent to an activating group) is 1. The minimum atomic E-state index is 0.110. The number of hydrogen-bond donors (Lipinski definition) is 1. The van der Waals surface area contributed by atoms with Gasteiger partial charge < -0.3 is 10.1 Å². The summed E-state index contributed by atoms with van der Waals surface area (Å²) in [4.78, 5) is 2.59. The summed E-state index contributed by atoms with van der Waals surface area (Å²) in [5.41, 5.74) is 4.18. The molecule has 21 heavy (non-hydrogen) atoms. The summed E-state index contributed by atoms with van der Waals surface area (Å²) in [5, 5.41) is 3.58. The number of morpholine rings is 1. The van der Waals surface area contributed by atoms with E-state index in [4.69, 9.17) is 4.74 Å². The van der Waals surface area contributed by atoms with Crippen LogP contribution in [0.15, 0.2) is 18.2 Å². The molecule has 0 radical (unpaired) electrons. The van der Waals surface area contributed by atoms with Gasteiger partial charge in [-0.3, -0.25) is 4.90 Å². The third-order valence-electron chi connectivity index (χ3n) is 4.94. The zero-order chi connectivity index (χ0) is 15.5. The van der Waals surface area contributed by atoms with Gasteiger partial charge in [0.2, 0.25) is 0 Å². The average molecular weight is 290 g/mol. The second-order valence-corrected chi connectivity index (χ2v) is 6.45. The highest BCUT2D eigenvalue weighted by Gasteiger charge is 2.39. The van der Waals surface area contributed by atoms with Crippen molar-refractivity contribution in [3.8, 4) is 0 Å². The van der Waals surface area contributed by atoms with Crippen molar-refractivity contribution < 1.29 is 4.74 Å². The normalized spacial score (nSPS) is 21.0. The average Bonchev–Trinajstić information content (AvgIpc) is 2.47. The van der Waals surface area contributed by atoms with Crippen LogP contribution in [0.2, 0.25) is 0 Å². The van der Waals surface area contributed by atoms with Crippen LogP contribution >= 0.6 is 0 Å². The number of benzene rings is 1. The first-order chi connectivity index (χ1) is 10.0. The van der Waals surface area contributed by atoms with Crippen LogP contribution in [-0.2, 0) is 4.74 Å². The number of ether oxygens (including phenoxy) is 1. The number of aryl methyl sites for hydroxylation is 2. The molecular formula is C18H30N2O. The molecule has 1 fully saturated rings. The fourth-order valence-corrected chi connectivity index (χ4v) is 3.70. The van der Waals surface area contributed by atoms with Crippen molar-refractivity contribution in [1.29, 1.82) is 0 Å². The predicted octanol–water partition coefficient (Wildman–Crippen LogP) is 3.06. The number of hydrogen-bond acceptors (Lipinski definition) is 3. The summed E-state index contributed by atoms with van der Waals surface area (Å²) in [6, 6.07) is 7.22. The van der Waals surface area contributed by atoms with Crippen molar-refractivity contribution in [1.82, 2.24) is 10.2 Å².